The Balaban J connectivity index is 1.52. The van der Waals surface area contributed by atoms with Gasteiger partial charge in [0, 0.05) is 6.42 Å². The maximum absolute atomic E-state index is 12.7. The second kappa shape index (κ2) is 9.86. The average molecular weight is 549 g/mol. The zero-order valence-corrected chi connectivity index (χ0v) is 22.0. The first-order chi connectivity index (χ1) is 16.5. The SMILES string of the molecule is Cc1ccc(-n2c(Cc3cccc4ccccc34)nnc2SCC(=O)c2ccc(Br)s2)c(C)c1. The van der Waals surface area contributed by atoms with Gasteiger partial charge in [-0.1, -0.05) is 71.9 Å². The van der Waals surface area contributed by atoms with Crippen LogP contribution in [-0.4, -0.2) is 26.3 Å². The molecule has 170 valence electrons. The summed E-state index contributed by atoms with van der Waals surface area (Å²) >= 11 is 6.33. The number of carbonyl (C=O) groups is 1. The van der Waals surface area contributed by atoms with E-state index in [-0.39, 0.29) is 5.78 Å². The molecule has 5 aromatic rings. The van der Waals surface area contributed by atoms with E-state index in [9.17, 15) is 4.79 Å². The molecule has 0 radical (unpaired) electrons. The summed E-state index contributed by atoms with van der Waals surface area (Å²) in [6, 6.07) is 24.9. The van der Waals surface area contributed by atoms with Gasteiger partial charge in [0.15, 0.2) is 10.9 Å². The van der Waals surface area contributed by atoms with Gasteiger partial charge in [0.1, 0.15) is 5.82 Å². The third-order valence-electron chi connectivity index (χ3n) is 5.70. The first-order valence-corrected chi connectivity index (χ1v) is 13.5. The monoisotopic (exact) mass is 547 g/mol. The van der Waals surface area contributed by atoms with Crippen molar-refractivity contribution in [3.05, 3.63) is 104 Å². The number of thiophene rings is 1. The lowest BCUT2D eigenvalue weighted by Gasteiger charge is -2.14. The van der Waals surface area contributed by atoms with E-state index in [1.165, 1.54) is 45.0 Å². The van der Waals surface area contributed by atoms with Crippen molar-refractivity contribution in [2.45, 2.75) is 25.4 Å². The van der Waals surface area contributed by atoms with Crippen molar-refractivity contribution >= 4 is 55.6 Å². The van der Waals surface area contributed by atoms with Crippen LogP contribution in [-0.2, 0) is 6.42 Å². The smallest absolute Gasteiger partial charge is 0.196 e. The molecule has 0 unspecified atom stereocenters. The highest BCUT2D eigenvalue weighted by molar-refractivity contribution is 9.11. The minimum absolute atomic E-state index is 0.0893. The Kier molecular flexibility index (Phi) is 6.68. The van der Waals surface area contributed by atoms with Crippen LogP contribution in [0.5, 0.6) is 0 Å². The predicted molar refractivity (Wildman–Crippen MR) is 145 cm³/mol. The molecule has 0 spiro atoms. The van der Waals surface area contributed by atoms with Crippen LogP contribution < -0.4 is 0 Å². The summed E-state index contributed by atoms with van der Waals surface area (Å²) in [5, 5.41) is 12.3. The molecule has 7 heteroatoms. The van der Waals surface area contributed by atoms with Crippen molar-refractivity contribution in [3.8, 4) is 5.69 Å². The number of rotatable bonds is 7. The Morgan fingerprint density at radius 1 is 1.00 bits per heavy atom. The molecule has 2 heterocycles. The quantitative estimate of drug-likeness (QED) is 0.157. The average Bonchev–Trinajstić information content (AvgIpc) is 3.44. The number of aryl methyl sites for hydroxylation is 2. The Labute approximate surface area is 215 Å². The van der Waals surface area contributed by atoms with Gasteiger partial charge in [0.05, 0.1) is 20.1 Å². The number of fused-ring (bicyclic) bond motifs is 1. The van der Waals surface area contributed by atoms with Crippen molar-refractivity contribution in [2.75, 3.05) is 5.75 Å². The predicted octanol–water partition coefficient (Wildman–Crippen LogP) is 7.43. The highest BCUT2D eigenvalue weighted by Crippen LogP contribution is 2.29. The van der Waals surface area contributed by atoms with Gasteiger partial charge in [0.25, 0.3) is 0 Å². The van der Waals surface area contributed by atoms with Crippen LogP contribution >= 0.6 is 39.0 Å². The Bertz CT molecular complexity index is 1500. The number of benzene rings is 3. The highest BCUT2D eigenvalue weighted by Gasteiger charge is 2.19. The standard InChI is InChI=1S/C27H22BrN3OS2/c1-17-10-11-22(18(2)14-17)31-26(15-20-8-5-7-19-6-3-4-9-21(19)20)29-30-27(31)33-16-23(32)24-12-13-25(28)34-24/h3-14H,15-16H2,1-2H3. The third-order valence-corrected chi connectivity index (χ3v) is 8.30. The summed E-state index contributed by atoms with van der Waals surface area (Å²) in [5.74, 6) is 1.26. The minimum Gasteiger partial charge on any atom is -0.292 e. The van der Waals surface area contributed by atoms with E-state index < -0.39 is 0 Å². The first kappa shape index (κ1) is 23.0. The summed E-state index contributed by atoms with van der Waals surface area (Å²) in [7, 11) is 0. The molecule has 34 heavy (non-hydrogen) atoms. The van der Waals surface area contributed by atoms with Gasteiger partial charge in [-0.2, -0.15) is 0 Å². The molecule has 0 amide bonds. The molecular weight excluding hydrogens is 526 g/mol. The van der Waals surface area contributed by atoms with Gasteiger partial charge in [-0.15, -0.1) is 21.5 Å². The number of halogens is 1. The summed E-state index contributed by atoms with van der Waals surface area (Å²) in [5.41, 5.74) is 4.60. The maximum Gasteiger partial charge on any atom is 0.196 e. The summed E-state index contributed by atoms with van der Waals surface area (Å²) in [6.07, 6.45) is 0.647. The van der Waals surface area contributed by atoms with Gasteiger partial charge < -0.3 is 0 Å². The summed E-state index contributed by atoms with van der Waals surface area (Å²) < 4.78 is 3.07. The van der Waals surface area contributed by atoms with Gasteiger partial charge in [-0.25, -0.2) is 0 Å². The first-order valence-electron chi connectivity index (χ1n) is 10.9. The summed E-state index contributed by atoms with van der Waals surface area (Å²) in [4.78, 5) is 13.5. The molecule has 0 aliphatic heterocycles. The van der Waals surface area contributed by atoms with Gasteiger partial charge >= 0.3 is 0 Å². The molecular formula is C27H22BrN3OS2. The second-order valence-corrected chi connectivity index (χ2v) is 11.6. The lowest BCUT2D eigenvalue weighted by molar-refractivity contribution is 0.102. The van der Waals surface area contributed by atoms with E-state index in [0.29, 0.717) is 12.2 Å². The fourth-order valence-electron chi connectivity index (χ4n) is 4.09. The molecule has 0 saturated heterocycles. The highest BCUT2D eigenvalue weighted by atomic mass is 79.9. The van der Waals surface area contributed by atoms with Crippen LogP contribution in [0.2, 0.25) is 0 Å². The molecule has 0 aliphatic rings. The van der Waals surface area contributed by atoms with Crippen LogP contribution in [0.4, 0.5) is 0 Å². The van der Waals surface area contributed by atoms with E-state index in [1.54, 1.807) is 0 Å². The minimum atomic E-state index is 0.0893. The zero-order valence-electron chi connectivity index (χ0n) is 18.8. The number of aromatic nitrogens is 3. The van der Waals surface area contributed by atoms with Gasteiger partial charge in [-0.3, -0.25) is 9.36 Å². The number of carbonyl (C=O) groups excluding carboxylic acids is 1. The van der Waals surface area contributed by atoms with Crippen molar-refractivity contribution in [3.63, 3.8) is 0 Å². The Morgan fingerprint density at radius 2 is 1.82 bits per heavy atom. The molecule has 0 N–H and O–H groups in total. The van der Waals surface area contributed by atoms with Crippen LogP contribution in [0.25, 0.3) is 16.5 Å². The lowest BCUT2D eigenvalue weighted by Crippen LogP contribution is -2.07. The summed E-state index contributed by atoms with van der Waals surface area (Å²) in [6.45, 7) is 4.19. The van der Waals surface area contributed by atoms with Crippen LogP contribution in [0.15, 0.2) is 81.7 Å². The van der Waals surface area contributed by atoms with E-state index >= 15 is 0 Å². The van der Waals surface area contributed by atoms with Gasteiger partial charge in [0.2, 0.25) is 0 Å². The molecule has 4 nitrogen and oxygen atoms in total. The molecule has 0 atom stereocenters. The van der Waals surface area contributed by atoms with Crippen LogP contribution in [0.3, 0.4) is 0 Å². The fraction of sp³-hybridized carbons (Fsp3) is 0.148. The van der Waals surface area contributed by atoms with E-state index in [0.717, 1.165) is 30.9 Å². The Hall–Kier alpha value is -2.74. The third kappa shape index (κ3) is 4.73. The number of thioether (sulfide) groups is 1. The zero-order chi connectivity index (χ0) is 23.7. The fourth-order valence-corrected chi connectivity index (χ4v) is 6.35. The van der Waals surface area contributed by atoms with E-state index in [4.69, 9.17) is 0 Å². The molecule has 0 bridgehead atoms. The number of nitrogens with zero attached hydrogens (tertiary/aromatic N) is 3. The molecule has 0 aliphatic carbocycles. The van der Waals surface area contributed by atoms with Crippen molar-refractivity contribution < 1.29 is 4.79 Å². The molecule has 3 aromatic carbocycles. The maximum atomic E-state index is 12.7. The normalized spacial score (nSPS) is 11.3. The van der Waals surface area contributed by atoms with Crippen LogP contribution in [0.1, 0.15) is 32.2 Å². The van der Waals surface area contributed by atoms with Crippen LogP contribution in [0, 0.1) is 13.8 Å². The largest absolute Gasteiger partial charge is 0.292 e. The topological polar surface area (TPSA) is 47.8 Å². The van der Waals surface area contributed by atoms with Gasteiger partial charge in [-0.05, 0) is 69.9 Å². The lowest BCUT2D eigenvalue weighted by atomic mass is 10.0. The molecule has 5 rings (SSSR count). The number of hydrogen-bond donors (Lipinski definition) is 0. The number of ketones is 1. The second-order valence-electron chi connectivity index (χ2n) is 8.15. The molecule has 2 aromatic heterocycles. The van der Waals surface area contributed by atoms with E-state index in [1.807, 2.05) is 12.1 Å². The van der Waals surface area contributed by atoms with Crippen molar-refractivity contribution in [1.82, 2.24) is 14.8 Å². The molecule has 0 fully saturated rings. The van der Waals surface area contributed by atoms with E-state index in [2.05, 4.69) is 105 Å². The Morgan fingerprint density at radius 3 is 2.62 bits per heavy atom. The van der Waals surface area contributed by atoms with Crippen molar-refractivity contribution in [2.24, 2.45) is 0 Å². The number of hydrogen-bond acceptors (Lipinski definition) is 5. The number of Topliss-reactive ketones (excluding diaryl/α,β-unsaturated/α-hetero) is 1. The molecule has 0 saturated carbocycles. The van der Waals surface area contributed by atoms with Crippen molar-refractivity contribution in [1.29, 1.82) is 0 Å².